The zero-order chi connectivity index (χ0) is 26.8. The fourth-order valence-corrected chi connectivity index (χ4v) is 5.14. The van der Waals surface area contributed by atoms with Gasteiger partial charge in [0.25, 0.3) is 0 Å². The number of aromatic nitrogens is 5. The number of hydrogen-bond donors (Lipinski definition) is 3. The van der Waals surface area contributed by atoms with Crippen LogP contribution in [0.25, 0.3) is 22.5 Å². The predicted octanol–water partition coefficient (Wildman–Crippen LogP) is 3.44. The van der Waals surface area contributed by atoms with Gasteiger partial charge in [0.2, 0.25) is 0 Å². The molecule has 3 aromatic heterocycles. The van der Waals surface area contributed by atoms with E-state index < -0.39 is 5.82 Å². The minimum atomic E-state index is -0.452. The Balaban J connectivity index is 1.31. The summed E-state index contributed by atoms with van der Waals surface area (Å²) in [5.41, 5.74) is 9.63. The third kappa shape index (κ3) is 5.41. The summed E-state index contributed by atoms with van der Waals surface area (Å²) in [7, 11) is 1.49. The molecule has 0 saturated carbocycles. The molecule has 10 nitrogen and oxygen atoms in total. The van der Waals surface area contributed by atoms with Gasteiger partial charge in [0.1, 0.15) is 23.2 Å². The van der Waals surface area contributed by atoms with E-state index in [4.69, 9.17) is 15.5 Å². The minimum Gasteiger partial charge on any atom is -0.496 e. The molecule has 0 amide bonds. The Morgan fingerprint density at radius 2 is 2.08 bits per heavy atom. The Hall–Kier alpha value is -4.09. The lowest BCUT2D eigenvalue weighted by atomic mass is 10.0. The fourth-order valence-electron chi connectivity index (χ4n) is 5.14. The maximum atomic E-state index is 14.7. The van der Waals surface area contributed by atoms with Gasteiger partial charge in [0, 0.05) is 86.2 Å². The van der Waals surface area contributed by atoms with E-state index in [1.807, 2.05) is 23.1 Å². The van der Waals surface area contributed by atoms with E-state index >= 15 is 0 Å². The molecule has 4 N–H and O–H groups in total. The fraction of sp³-hybridized carbons (Fsp3) is 0.357. The summed E-state index contributed by atoms with van der Waals surface area (Å²) in [4.78, 5) is 15.9. The standard InChI is InChI=1S/C28H32FN9O/c1-39-24-6-2-5-22(29)27(24)28-32-8-7-25(36-28)35-26-10-23(37-9-3-4-20(30)17-37)21(14-33-26)19-13-34-38(16-19)15-18-11-31-12-18/h2,5-8,10,13-14,16,18,20,31H,3-4,9,11-12,15,17,30H2,1H3,(H,32,33,35,36)/t20-/m0/s1. The molecule has 0 unspecified atom stereocenters. The molecule has 2 saturated heterocycles. The molecular weight excluding hydrogens is 497 g/mol. The van der Waals surface area contributed by atoms with E-state index in [1.165, 1.54) is 13.2 Å². The summed E-state index contributed by atoms with van der Waals surface area (Å²) in [6.07, 6.45) is 9.49. The summed E-state index contributed by atoms with van der Waals surface area (Å²) in [5.74, 6) is 1.87. The van der Waals surface area contributed by atoms with Crippen molar-refractivity contribution in [2.75, 3.05) is 43.5 Å². The van der Waals surface area contributed by atoms with Gasteiger partial charge >= 0.3 is 0 Å². The number of anilines is 3. The van der Waals surface area contributed by atoms with Crippen molar-refractivity contribution in [2.45, 2.75) is 25.4 Å². The van der Waals surface area contributed by atoms with Gasteiger partial charge in [-0.25, -0.2) is 19.3 Å². The number of piperidine rings is 1. The predicted molar refractivity (Wildman–Crippen MR) is 149 cm³/mol. The van der Waals surface area contributed by atoms with Gasteiger partial charge in [-0.1, -0.05) is 6.07 Å². The molecule has 0 bridgehead atoms. The summed E-state index contributed by atoms with van der Waals surface area (Å²) in [6.45, 7) is 4.64. The summed E-state index contributed by atoms with van der Waals surface area (Å²) in [6, 6.07) is 8.50. The SMILES string of the molecule is COc1cccc(F)c1-c1nccc(Nc2cc(N3CCC[C@H](N)C3)c(-c3cnn(CC4CNC4)c3)cn2)n1. The lowest BCUT2D eigenvalue weighted by molar-refractivity contribution is 0.295. The molecule has 0 radical (unpaired) electrons. The van der Waals surface area contributed by atoms with Crippen LogP contribution < -0.4 is 26.0 Å². The molecule has 2 fully saturated rings. The van der Waals surface area contributed by atoms with Crippen molar-refractivity contribution >= 4 is 17.3 Å². The zero-order valence-corrected chi connectivity index (χ0v) is 21.8. The first-order chi connectivity index (χ1) is 19.1. The van der Waals surface area contributed by atoms with Crippen molar-refractivity contribution in [3.05, 3.63) is 60.9 Å². The van der Waals surface area contributed by atoms with Crippen molar-refractivity contribution in [1.82, 2.24) is 30.0 Å². The maximum Gasteiger partial charge on any atom is 0.168 e. The number of rotatable bonds is 8. The number of hydrogen-bond acceptors (Lipinski definition) is 9. The van der Waals surface area contributed by atoms with Crippen LogP contribution in [0, 0.1) is 11.7 Å². The van der Waals surface area contributed by atoms with Gasteiger partial charge < -0.3 is 26.0 Å². The van der Waals surface area contributed by atoms with Crippen LogP contribution in [0.1, 0.15) is 12.8 Å². The Bertz CT molecular complexity index is 1450. The second-order valence-electron chi connectivity index (χ2n) is 10.1. The van der Waals surface area contributed by atoms with E-state index in [0.717, 1.165) is 62.4 Å². The van der Waals surface area contributed by atoms with Crippen LogP contribution in [0.3, 0.4) is 0 Å². The number of pyridine rings is 1. The maximum absolute atomic E-state index is 14.7. The number of nitrogens with zero attached hydrogens (tertiary/aromatic N) is 6. The Morgan fingerprint density at radius 3 is 2.87 bits per heavy atom. The third-order valence-corrected chi connectivity index (χ3v) is 7.27. The molecule has 4 aromatic rings. The third-order valence-electron chi connectivity index (χ3n) is 7.27. The molecule has 1 aromatic carbocycles. The molecule has 1 atom stereocenters. The first kappa shape index (κ1) is 25.2. The molecule has 2 aliphatic rings. The Morgan fingerprint density at radius 1 is 1.18 bits per heavy atom. The first-order valence-corrected chi connectivity index (χ1v) is 13.2. The average Bonchev–Trinajstić information content (AvgIpc) is 3.39. The largest absolute Gasteiger partial charge is 0.496 e. The zero-order valence-electron chi connectivity index (χ0n) is 21.8. The minimum absolute atomic E-state index is 0.116. The van der Waals surface area contributed by atoms with Crippen LogP contribution >= 0.6 is 0 Å². The number of methoxy groups -OCH3 is 1. The highest BCUT2D eigenvalue weighted by Crippen LogP contribution is 2.35. The molecule has 6 rings (SSSR count). The topological polar surface area (TPSA) is 119 Å². The second kappa shape index (κ2) is 11.0. The lowest BCUT2D eigenvalue weighted by Crippen LogP contribution is -2.44. The van der Waals surface area contributed by atoms with Crippen molar-refractivity contribution < 1.29 is 9.13 Å². The molecule has 202 valence electrons. The van der Waals surface area contributed by atoms with E-state index in [1.54, 1.807) is 24.4 Å². The van der Waals surface area contributed by atoms with Gasteiger partial charge in [-0.15, -0.1) is 0 Å². The van der Waals surface area contributed by atoms with Crippen LogP contribution in [0.2, 0.25) is 0 Å². The van der Waals surface area contributed by atoms with Crippen molar-refractivity contribution in [1.29, 1.82) is 0 Å². The van der Waals surface area contributed by atoms with Crippen molar-refractivity contribution in [2.24, 2.45) is 11.7 Å². The van der Waals surface area contributed by atoms with Crippen molar-refractivity contribution in [3.8, 4) is 28.3 Å². The van der Waals surface area contributed by atoms with E-state index in [-0.39, 0.29) is 17.4 Å². The van der Waals surface area contributed by atoms with E-state index in [0.29, 0.717) is 23.3 Å². The van der Waals surface area contributed by atoms with Crippen LogP contribution in [0.4, 0.5) is 21.7 Å². The van der Waals surface area contributed by atoms with Crippen LogP contribution in [-0.2, 0) is 6.54 Å². The van der Waals surface area contributed by atoms with Crippen LogP contribution in [0.5, 0.6) is 5.75 Å². The number of nitrogens with two attached hydrogens (primary N) is 1. The highest BCUT2D eigenvalue weighted by molar-refractivity contribution is 5.80. The summed E-state index contributed by atoms with van der Waals surface area (Å²) < 4.78 is 22.0. The van der Waals surface area contributed by atoms with Gasteiger partial charge in [-0.05, 0) is 31.0 Å². The number of benzene rings is 1. The number of nitrogens with one attached hydrogen (secondary N) is 2. The highest BCUT2D eigenvalue weighted by atomic mass is 19.1. The van der Waals surface area contributed by atoms with Crippen LogP contribution in [0.15, 0.2) is 55.1 Å². The molecule has 2 aliphatic heterocycles. The summed E-state index contributed by atoms with van der Waals surface area (Å²) >= 11 is 0. The van der Waals surface area contributed by atoms with Crippen molar-refractivity contribution in [3.63, 3.8) is 0 Å². The Labute approximate surface area is 226 Å². The smallest absolute Gasteiger partial charge is 0.168 e. The van der Waals surface area contributed by atoms with Crippen LogP contribution in [-0.4, -0.2) is 64.1 Å². The highest BCUT2D eigenvalue weighted by Gasteiger charge is 2.23. The number of ether oxygens (including phenoxy) is 1. The summed E-state index contributed by atoms with van der Waals surface area (Å²) in [5, 5.41) is 11.2. The molecular formula is C28H32FN9O. The quantitative estimate of drug-likeness (QED) is 0.315. The molecule has 0 aliphatic carbocycles. The molecule has 5 heterocycles. The van der Waals surface area contributed by atoms with Gasteiger partial charge in [-0.3, -0.25) is 4.68 Å². The van der Waals surface area contributed by atoms with E-state index in [9.17, 15) is 4.39 Å². The van der Waals surface area contributed by atoms with Gasteiger partial charge in [0.05, 0.1) is 18.9 Å². The first-order valence-electron chi connectivity index (χ1n) is 13.2. The Kier molecular flexibility index (Phi) is 7.08. The van der Waals surface area contributed by atoms with Gasteiger partial charge in [-0.2, -0.15) is 5.10 Å². The van der Waals surface area contributed by atoms with Gasteiger partial charge in [0.15, 0.2) is 5.82 Å². The normalized spacial score (nSPS) is 17.6. The lowest BCUT2D eigenvalue weighted by Gasteiger charge is -2.34. The molecule has 0 spiro atoms. The van der Waals surface area contributed by atoms with E-state index in [2.05, 4.69) is 36.8 Å². The average molecular weight is 530 g/mol. The monoisotopic (exact) mass is 529 g/mol. The molecule has 39 heavy (non-hydrogen) atoms. The number of halogens is 1. The second-order valence-corrected chi connectivity index (χ2v) is 10.1. The molecule has 11 heteroatoms.